The van der Waals surface area contributed by atoms with Crippen molar-refractivity contribution in [3.63, 3.8) is 0 Å². The molecule has 0 bridgehead atoms. The second-order valence-corrected chi connectivity index (χ2v) is 4.62. The van der Waals surface area contributed by atoms with Crippen LogP contribution in [0, 0.1) is 11.8 Å². The summed E-state index contributed by atoms with van der Waals surface area (Å²) in [7, 11) is 4.22. The van der Waals surface area contributed by atoms with E-state index in [9.17, 15) is 70.2 Å². The van der Waals surface area contributed by atoms with Gasteiger partial charge in [0.05, 0.1) is 0 Å². The number of hydrogen-bond acceptors (Lipinski definition) is 4. The zero-order chi connectivity index (χ0) is 25.7. The summed E-state index contributed by atoms with van der Waals surface area (Å²) in [5.41, 5.74) is 0. The van der Waals surface area contributed by atoms with E-state index in [1.165, 1.54) is 0 Å². The van der Waals surface area contributed by atoms with Gasteiger partial charge in [-0.25, -0.2) is 0 Å². The van der Waals surface area contributed by atoms with Crippen LogP contribution in [0.1, 0.15) is 0 Å². The molecule has 4 nitrogen and oxygen atoms in total. The van der Waals surface area contributed by atoms with Crippen molar-refractivity contribution in [3.8, 4) is 0 Å². The molecule has 0 aromatic carbocycles. The van der Waals surface area contributed by atoms with Crippen LogP contribution in [0.5, 0.6) is 0 Å². The molecular formula is C9H7BF16O4Zn2. The normalized spacial score (nSPS) is 13.5. The third-order valence-corrected chi connectivity index (χ3v) is 2.00. The Bertz CT molecular complexity index is 381. The van der Waals surface area contributed by atoms with Gasteiger partial charge < -0.3 is 20.4 Å². The van der Waals surface area contributed by atoms with Crippen LogP contribution in [-0.2, 0) is 39.0 Å². The van der Waals surface area contributed by atoms with Gasteiger partial charge in [0.1, 0.15) is 14.0 Å². The van der Waals surface area contributed by atoms with E-state index in [0.29, 0.717) is 0 Å². The van der Waals surface area contributed by atoms with Crippen molar-refractivity contribution < 1.29 is 130 Å². The van der Waals surface area contributed by atoms with Crippen LogP contribution in [-0.4, -0.2) is 71.4 Å². The Kier molecular flexibility index (Phi) is 18.2. The number of aliphatic hydroxyl groups is 4. The molecule has 0 saturated heterocycles. The van der Waals surface area contributed by atoms with Gasteiger partial charge in [0.15, 0.2) is 0 Å². The second kappa shape index (κ2) is 13.8. The monoisotopic (exact) mass is 622 g/mol. The zero-order valence-electron chi connectivity index (χ0n) is 14.6. The average Bonchev–Trinajstić information content (AvgIpc) is 2.11. The molecule has 0 heterocycles. The minimum absolute atomic E-state index is 0. The van der Waals surface area contributed by atoms with Crippen LogP contribution in [0.2, 0.25) is 0 Å². The van der Waals surface area contributed by atoms with Crippen LogP contribution in [0.25, 0.3) is 0 Å². The van der Waals surface area contributed by atoms with Crippen molar-refractivity contribution in [2.24, 2.45) is 11.8 Å². The van der Waals surface area contributed by atoms with E-state index in [-0.39, 0.29) is 39.0 Å². The minimum atomic E-state index is -6.24. The molecule has 0 spiro atoms. The fraction of sp³-hybridized carbons (Fsp3) is 1.00. The Hall–Kier alpha value is 0.0317. The molecule has 0 unspecified atom stereocenters. The van der Waals surface area contributed by atoms with E-state index in [2.05, 4.69) is 7.85 Å². The van der Waals surface area contributed by atoms with E-state index in [0.717, 1.165) is 0 Å². The van der Waals surface area contributed by atoms with Crippen molar-refractivity contribution in [2.75, 3.05) is 0 Å². The molecule has 0 aliphatic rings. The molecular weight excluding hydrogens is 618 g/mol. The summed E-state index contributed by atoms with van der Waals surface area (Å²) in [6, 6.07) is 0. The third-order valence-electron chi connectivity index (χ3n) is 2.00. The van der Waals surface area contributed by atoms with E-state index in [1.54, 1.807) is 0 Å². The van der Waals surface area contributed by atoms with Crippen molar-refractivity contribution in [1.29, 1.82) is 0 Å². The Labute approximate surface area is 192 Å². The number of aliphatic hydroxyl groups excluding tert-OH is 1. The molecule has 0 aromatic rings. The molecule has 0 amide bonds. The van der Waals surface area contributed by atoms with Gasteiger partial charge in [0.25, 0.3) is 0 Å². The zero-order valence-corrected chi connectivity index (χ0v) is 20.5. The topological polar surface area (TPSA) is 80.9 Å². The smallest absolute Gasteiger partial charge is 0.378 e. The fourth-order valence-electron chi connectivity index (χ4n) is 1.16. The summed E-state index contributed by atoms with van der Waals surface area (Å²) in [4.78, 5) is 0. The maximum atomic E-state index is 11.5. The molecule has 2 radical (unpaired) electrons. The molecule has 0 aromatic heterocycles. The van der Waals surface area contributed by atoms with Gasteiger partial charge in [0, 0.05) is 39.0 Å². The molecule has 0 rings (SSSR count). The van der Waals surface area contributed by atoms with Gasteiger partial charge in [-0.05, 0) is 0 Å². The quantitative estimate of drug-likeness (QED) is 0.217. The Morgan fingerprint density at radius 1 is 0.438 bits per heavy atom. The van der Waals surface area contributed by atoms with Gasteiger partial charge in [-0.15, -0.1) is 0 Å². The Morgan fingerprint density at radius 3 is 0.531 bits per heavy atom. The van der Waals surface area contributed by atoms with Gasteiger partial charge >= 0.3 is 36.9 Å². The fourth-order valence-corrected chi connectivity index (χ4v) is 1.16. The summed E-state index contributed by atoms with van der Waals surface area (Å²) < 4.78 is 182. The molecule has 186 valence electrons. The van der Waals surface area contributed by atoms with E-state index in [1.807, 2.05) is 0 Å². The molecule has 4 N–H and O–H groups in total. The summed E-state index contributed by atoms with van der Waals surface area (Å²) in [5.74, 6) is -10.1. The van der Waals surface area contributed by atoms with Gasteiger partial charge in [0.2, 0.25) is 11.8 Å². The molecule has 23 heteroatoms. The maximum absolute atomic E-state index is 11.5. The van der Waals surface area contributed by atoms with Crippen LogP contribution in [0.4, 0.5) is 70.2 Å². The van der Waals surface area contributed by atoms with Crippen LogP contribution in [0.3, 0.4) is 0 Å². The Balaban J connectivity index is -0.000000123. The number of hydrogen-bond donors (Lipinski definition) is 4. The van der Waals surface area contributed by atoms with Crippen molar-refractivity contribution in [1.82, 2.24) is 0 Å². The second-order valence-electron chi connectivity index (χ2n) is 4.62. The largest absolute Gasteiger partial charge is 0.409 e. The molecule has 0 fully saturated rings. The summed E-state index contributed by atoms with van der Waals surface area (Å²) >= 11 is 0. The first kappa shape index (κ1) is 42.2. The van der Waals surface area contributed by atoms with E-state index in [4.69, 9.17) is 20.4 Å². The third kappa shape index (κ3) is 19.5. The van der Waals surface area contributed by atoms with Gasteiger partial charge in [-0.3, -0.25) is 0 Å². The first-order chi connectivity index (χ1) is 12.5. The first-order valence-corrected chi connectivity index (χ1v) is 6.05. The predicted octanol–water partition coefficient (Wildman–Crippen LogP) is 3.04. The number of halogens is 16. The van der Waals surface area contributed by atoms with Crippen molar-refractivity contribution in [3.05, 3.63) is 0 Å². The SMILES string of the molecule is OC(F)(F)C(C(F)(F)F)C(F)(F)F.OC(F)(F)C(C(F)(F)F)C(F)(F)F.[B]C(O)O.[Zn].[Zn]. The van der Waals surface area contributed by atoms with Crippen molar-refractivity contribution >= 4 is 7.85 Å². The van der Waals surface area contributed by atoms with Crippen molar-refractivity contribution in [2.45, 2.75) is 43.1 Å². The van der Waals surface area contributed by atoms with Crippen LogP contribution in [0.15, 0.2) is 0 Å². The molecule has 0 atom stereocenters. The summed E-state index contributed by atoms with van der Waals surface area (Å²) in [6.07, 6.45) is -38.4. The Morgan fingerprint density at radius 2 is 0.531 bits per heavy atom. The van der Waals surface area contributed by atoms with Gasteiger partial charge in [-0.2, -0.15) is 70.2 Å². The van der Waals surface area contributed by atoms with E-state index < -0.39 is 54.9 Å². The standard InChI is InChI=1S/2C4H2F8O.CH3BO2.2Zn/c2*5-2(6,7)1(3(8,9)10)4(11,12)13;2-1(3)4;;/h2*1,13H;1,3-4H;;. The predicted molar refractivity (Wildman–Crippen MR) is 59.5 cm³/mol. The van der Waals surface area contributed by atoms with Crippen LogP contribution < -0.4 is 0 Å². The maximum Gasteiger partial charge on any atom is 0.409 e. The number of alkyl halides is 16. The summed E-state index contributed by atoms with van der Waals surface area (Å²) in [5, 5.41) is 29.5. The first-order valence-electron chi connectivity index (χ1n) is 6.05. The molecule has 0 saturated carbocycles. The minimum Gasteiger partial charge on any atom is -0.378 e. The van der Waals surface area contributed by atoms with Gasteiger partial charge in [-0.1, -0.05) is 0 Å². The molecule has 32 heavy (non-hydrogen) atoms. The average molecular weight is 625 g/mol. The van der Waals surface area contributed by atoms with E-state index >= 15 is 0 Å². The molecule has 0 aliphatic carbocycles. The van der Waals surface area contributed by atoms with Crippen LogP contribution >= 0.6 is 0 Å². The number of rotatable bonds is 2. The molecule has 0 aliphatic heterocycles. The summed E-state index contributed by atoms with van der Waals surface area (Å²) in [6.45, 7) is 0.